The van der Waals surface area contributed by atoms with Gasteiger partial charge in [0.2, 0.25) is 5.91 Å². The molecule has 1 fully saturated rings. The Kier molecular flexibility index (Phi) is 7.11. The van der Waals surface area contributed by atoms with E-state index < -0.39 is 23.7 Å². The molecule has 39 heavy (non-hydrogen) atoms. The lowest BCUT2D eigenvalue weighted by molar-refractivity contribution is -0.134. The molecule has 2 aromatic heterocycles. The Hall–Kier alpha value is -4.59. The smallest absolute Gasteiger partial charge is 0.270 e. The summed E-state index contributed by atoms with van der Waals surface area (Å²) in [5, 5.41) is 11.9. The van der Waals surface area contributed by atoms with Crippen LogP contribution in [0.25, 0.3) is 5.65 Å². The second kappa shape index (κ2) is 10.6. The summed E-state index contributed by atoms with van der Waals surface area (Å²) in [6.45, 7) is 4.13. The summed E-state index contributed by atoms with van der Waals surface area (Å²) in [5.74, 6) is -2.19. The quantitative estimate of drug-likeness (QED) is 0.398. The number of fused-ring (bicyclic) bond motifs is 2. The van der Waals surface area contributed by atoms with E-state index in [1.54, 1.807) is 30.0 Å². The molecule has 0 saturated carbocycles. The van der Waals surface area contributed by atoms with Crippen LogP contribution in [0, 0.1) is 5.82 Å². The van der Waals surface area contributed by atoms with Crippen LogP contribution in [0.5, 0.6) is 5.75 Å². The predicted octanol–water partition coefficient (Wildman–Crippen LogP) is 0.0216. The standard InChI is InChI=1S/C25H27FN8O5/c1-14(25(38)33-7-5-32(2)6-8-33)29-24(37)19-10-18(31-22-16(26)12-28-34(19)22)23(36)27-11-15-3-4-20-17(9-15)30-21(35)13-39-20/h3-4,9-10,12,14H,5-8,11,13H2,1-2H3,(H,27,36)(H,29,37)(H,30,35). The molecule has 4 amide bonds. The molecule has 3 N–H and O–H groups in total. The maximum atomic E-state index is 14.4. The first-order valence-electron chi connectivity index (χ1n) is 12.4. The maximum Gasteiger partial charge on any atom is 0.270 e. The van der Waals surface area contributed by atoms with E-state index in [1.165, 1.54) is 6.07 Å². The van der Waals surface area contributed by atoms with Crippen molar-refractivity contribution in [1.29, 1.82) is 0 Å². The molecule has 1 atom stereocenters. The fraction of sp³-hybridized carbons (Fsp3) is 0.360. The van der Waals surface area contributed by atoms with E-state index in [0.717, 1.165) is 23.8 Å². The van der Waals surface area contributed by atoms with Gasteiger partial charge in [-0.15, -0.1) is 0 Å². The van der Waals surface area contributed by atoms with Gasteiger partial charge in [-0.2, -0.15) is 5.10 Å². The molecule has 0 bridgehead atoms. The molecule has 5 rings (SSSR count). The van der Waals surface area contributed by atoms with Crippen molar-refractivity contribution in [3.05, 3.63) is 53.2 Å². The topological polar surface area (TPSA) is 150 Å². The van der Waals surface area contributed by atoms with Crippen molar-refractivity contribution in [2.45, 2.75) is 19.5 Å². The number of anilines is 1. The molecular formula is C25H27FN8O5. The highest BCUT2D eigenvalue weighted by atomic mass is 19.1. The van der Waals surface area contributed by atoms with Crippen LogP contribution < -0.4 is 20.7 Å². The molecule has 0 aliphatic carbocycles. The number of ether oxygens (including phenoxy) is 1. The van der Waals surface area contributed by atoms with Crippen molar-refractivity contribution in [2.24, 2.45) is 0 Å². The summed E-state index contributed by atoms with van der Waals surface area (Å²) < 4.78 is 20.7. The van der Waals surface area contributed by atoms with Crippen LogP contribution >= 0.6 is 0 Å². The minimum atomic E-state index is -0.852. The lowest BCUT2D eigenvalue weighted by Gasteiger charge is -2.34. The number of nitrogens with zero attached hydrogens (tertiary/aromatic N) is 5. The van der Waals surface area contributed by atoms with Crippen molar-refractivity contribution in [1.82, 2.24) is 35.0 Å². The SMILES string of the molecule is CC(NC(=O)c1cc(C(=O)NCc2ccc3c(c2)NC(=O)CO3)nc2c(F)cnn12)C(=O)N1CCN(C)CC1. The number of piperazine rings is 1. The van der Waals surface area contributed by atoms with E-state index in [0.29, 0.717) is 30.1 Å². The first-order chi connectivity index (χ1) is 18.7. The minimum absolute atomic E-state index is 0.0642. The number of halogens is 1. The number of hydrogen-bond donors (Lipinski definition) is 3. The Bertz CT molecular complexity index is 1470. The molecule has 0 radical (unpaired) electrons. The molecular weight excluding hydrogens is 511 g/mol. The predicted molar refractivity (Wildman–Crippen MR) is 136 cm³/mol. The van der Waals surface area contributed by atoms with Gasteiger partial charge in [-0.05, 0) is 31.7 Å². The van der Waals surface area contributed by atoms with E-state index in [4.69, 9.17) is 4.74 Å². The number of aromatic nitrogens is 3. The molecule has 4 heterocycles. The zero-order valence-electron chi connectivity index (χ0n) is 21.4. The van der Waals surface area contributed by atoms with Gasteiger partial charge >= 0.3 is 0 Å². The average molecular weight is 539 g/mol. The molecule has 1 saturated heterocycles. The second-order valence-electron chi connectivity index (χ2n) is 9.43. The molecule has 1 unspecified atom stereocenters. The molecule has 2 aliphatic rings. The zero-order valence-corrected chi connectivity index (χ0v) is 21.4. The average Bonchev–Trinajstić information content (AvgIpc) is 3.31. The zero-order chi connectivity index (χ0) is 27.7. The van der Waals surface area contributed by atoms with Gasteiger partial charge in [0.25, 0.3) is 17.7 Å². The van der Waals surface area contributed by atoms with E-state index in [-0.39, 0.29) is 42.0 Å². The number of nitrogens with one attached hydrogen (secondary N) is 3. The van der Waals surface area contributed by atoms with E-state index in [1.807, 2.05) is 7.05 Å². The van der Waals surface area contributed by atoms with Gasteiger partial charge in [-0.3, -0.25) is 19.2 Å². The Morgan fingerprint density at radius 3 is 2.69 bits per heavy atom. The molecule has 0 spiro atoms. The van der Waals surface area contributed by atoms with Gasteiger partial charge in [-0.1, -0.05) is 6.07 Å². The van der Waals surface area contributed by atoms with E-state index >= 15 is 0 Å². The first-order valence-corrected chi connectivity index (χ1v) is 12.4. The molecule has 3 aromatic rings. The largest absolute Gasteiger partial charge is 0.482 e. The molecule has 2 aliphatic heterocycles. The van der Waals surface area contributed by atoms with Crippen LogP contribution in [0.2, 0.25) is 0 Å². The van der Waals surface area contributed by atoms with Gasteiger partial charge in [-0.25, -0.2) is 13.9 Å². The number of amides is 4. The summed E-state index contributed by atoms with van der Waals surface area (Å²) >= 11 is 0. The number of benzene rings is 1. The maximum absolute atomic E-state index is 14.4. The van der Waals surface area contributed by atoms with Crippen LogP contribution in [-0.2, 0) is 16.1 Å². The van der Waals surface area contributed by atoms with Crippen molar-refractivity contribution < 1.29 is 28.3 Å². The highest BCUT2D eigenvalue weighted by molar-refractivity contribution is 6.00. The third kappa shape index (κ3) is 5.50. The second-order valence-corrected chi connectivity index (χ2v) is 9.43. The van der Waals surface area contributed by atoms with Crippen molar-refractivity contribution >= 4 is 35.0 Å². The lowest BCUT2D eigenvalue weighted by Crippen LogP contribution is -2.53. The summed E-state index contributed by atoms with van der Waals surface area (Å²) in [6.07, 6.45) is 0.892. The Morgan fingerprint density at radius 1 is 1.15 bits per heavy atom. The van der Waals surface area contributed by atoms with E-state index in [2.05, 4.69) is 30.9 Å². The van der Waals surface area contributed by atoms with Crippen LogP contribution in [0.1, 0.15) is 33.5 Å². The molecule has 13 nitrogen and oxygen atoms in total. The Labute approximate surface area is 222 Å². The van der Waals surface area contributed by atoms with Crippen LogP contribution in [0.3, 0.4) is 0 Å². The summed E-state index contributed by atoms with van der Waals surface area (Å²) in [7, 11) is 1.97. The number of likely N-dealkylation sites (N-methyl/N-ethyl adjacent to an activating group) is 1. The lowest BCUT2D eigenvalue weighted by atomic mass is 10.1. The Balaban J connectivity index is 1.31. The van der Waals surface area contributed by atoms with Crippen molar-refractivity contribution in [2.75, 3.05) is 45.2 Å². The molecule has 204 valence electrons. The van der Waals surface area contributed by atoms with Crippen LogP contribution in [0.15, 0.2) is 30.5 Å². The third-order valence-electron chi connectivity index (χ3n) is 6.56. The fourth-order valence-electron chi connectivity index (χ4n) is 4.36. The summed E-state index contributed by atoms with van der Waals surface area (Å²) in [6, 6.07) is 5.40. The van der Waals surface area contributed by atoms with Gasteiger partial charge in [0.05, 0.1) is 11.9 Å². The first kappa shape index (κ1) is 26.0. The highest BCUT2D eigenvalue weighted by Crippen LogP contribution is 2.28. The van der Waals surface area contributed by atoms with Gasteiger partial charge in [0.15, 0.2) is 18.1 Å². The Morgan fingerprint density at radius 2 is 1.92 bits per heavy atom. The summed E-state index contributed by atoms with van der Waals surface area (Å²) in [5.41, 5.74) is 0.483. The molecule has 1 aromatic carbocycles. The molecule has 14 heteroatoms. The minimum Gasteiger partial charge on any atom is -0.482 e. The van der Waals surface area contributed by atoms with Crippen LogP contribution in [-0.4, -0.2) is 93.9 Å². The van der Waals surface area contributed by atoms with Gasteiger partial charge < -0.3 is 30.5 Å². The van der Waals surface area contributed by atoms with Gasteiger partial charge in [0, 0.05) is 38.8 Å². The number of rotatable bonds is 6. The number of carbonyl (C=O) groups excluding carboxylic acids is 4. The van der Waals surface area contributed by atoms with E-state index in [9.17, 15) is 23.6 Å². The monoisotopic (exact) mass is 538 g/mol. The number of hydrogen-bond acceptors (Lipinski definition) is 8. The normalized spacial score (nSPS) is 16.2. The van der Waals surface area contributed by atoms with Gasteiger partial charge in [0.1, 0.15) is 23.2 Å². The van der Waals surface area contributed by atoms with Crippen LogP contribution in [0.4, 0.5) is 10.1 Å². The summed E-state index contributed by atoms with van der Waals surface area (Å²) in [4.78, 5) is 58.4. The highest BCUT2D eigenvalue weighted by Gasteiger charge is 2.27. The fourth-order valence-corrected chi connectivity index (χ4v) is 4.36. The number of carbonyl (C=O) groups is 4. The van der Waals surface area contributed by atoms with Crippen molar-refractivity contribution in [3.63, 3.8) is 0 Å². The third-order valence-corrected chi connectivity index (χ3v) is 6.56. The van der Waals surface area contributed by atoms with Crippen molar-refractivity contribution in [3.8, 4) is 5.75 Å².